The molecule has 1 aliphatic rings. The standard InChI is InChI=1S/C20H14F2N2OS2/c21-13-5-6-14(16(22)9-13)20-18(15(11-27-20)17-4-2-8-26-17)19(24-25)12-3-1-7-23-10-12/h1-4,6-11,13,19H,5H2. The fourth-order valence-electron chi connectivity index (χ4n) is 3.13. The largest absolute Gasteiger partial charge is 0.264 e. The van der Waals surface area contributed by atoms with Gasteiger partial charge in [0, 0.05) is 56.2 Å². The van der Waals surface area contributed by atoms with Crippen LogP contribution in [0.25, 0.3) is 16.0 Å². The maximum atomic E-state index is 14.5. The van der Waals surface area contributed by atoms with Crippen molar-refractivity contribution in [2.45, 2.75) is 18.6 Å². The summed E-state index contributed by atoms with van der Waals surface area (Å²) >= 11 is 2.87. The lowest BCUT2D eigenvalue weighted by atomic mass is 9.92. The molecule has 7 heteroatoms. The van der Waals surface area contributed by atoms with Crippen molar-refractivity contribution in [1.29, 1.82) is 0 Å². The lowest BCUT2D eigenvalue weighted by Gasteiger charge is -2.17. The van der Waals surface area contributed by atoms with Gasteiger partial charge in [0.05, 0.1) is 0 Å². The number of aromatic nitrogens is 1. The molecule has 27 heavy (non-hydrogen) atoms. The number of alkyl halides is 1. The molecule has 3 heterocycles. The van der Waals surface area contributed by atoms with Crippen LogP contribution in [0.3, 0.4) is 0 Å². The van der Waals surface area contributed by atoms with E-state index in [9.17, 15) is 13.7 Å². The normalized spacial score (nSPS) is 17.9. The molecule has 0 aromatic carbocycles. The molecule has 0 N–H and O–H groups in total. The molecule has 136 valence electrons. The van der Waals surface area contributed by atoms with Gasteiger partial charge in [-0.3, -0.25) is 4.98 Å². The minimum absolute atomic E-state index is 0.112. The Hall–Kier alpha value is -2.51. The zero-order chi connectivity index (χ0) is 18.8. The van der Waals surface area contributed by atoms with Gasteiger partial charge in [0.25, 0.3) is 0 Å². The summed E-state index contributed by atoms with van der Waals surface area (Å²) in [6.45, 7) is 0. The first-order valence-electron chi connectivity index (χ1n) is 8.29. The number of hydrogen-bond donors (Lipinski definition) is 0. The van der Waals surface area contributed by atoms with E-state index in [-0.39, 0.29) is 6.42 Å². The molecule has 1 aliphatic carbocycles. The van der Waals surface area contributed by atoms with Gasteiger partial charge in [-0.1, -0.05) is 23.4 Å². The summed E-state index contributed by atoms with van der Waals surface area (Å²) in [5.41, 5.74) is 2.44. The predicted molar refractivity (Wildman–Crippen MR) is 106 cm³/mol. The molecule has 4 rings (SSSR count). The molecule has 2 unspecified atom stereocenters. The van der Waals surface area contributed by atoms with E-state index in [1.165, 1.54) is 22.7 Å². The summed E-state index contributed by atoms with van der Waals surface area (Å²) in [5.74, 6) is -0.606. The molecule has 3 nitrogen and oxygen atoms in total. The summed E-state index contributed by atoms with van der Waals surface area (Å²) in [6.07, 6.45) is 4.53. The SMILES string of the molecule is O=NC(c1cccnc1)c1c(-c2cccs2)csc1C1=CCC(F)C=C1F. The van der Waals surface area contributed by atoms with Gasteiger partial charge in [-0.05, 0) is 23.6 Å². The van der Waals surface area contributed by atoms with E-state index in [1.807, 2.05) is 22.9 Å². The highest BCUT2D eigenvalue weighted by Crippen LogP contribution is 2.46. The summed E-state index contributed by atoms with van der Waals surface area (Å²) in [7, 11) is 0. The Balaban J connectivity index is 1.91. The van der Waals surface area contributed by atoms with Crippen LogP contribution in [0.4, 0.5) is 8.78 Å². The lowest BCUT2D eigenvalue weighted by Crippen LogP contribution is -2.05. The number of nitroso groups, excluding NO2 is 1. The van der Waals surface area contributed by atoms with Gasteiger partial charge in [0.1, 0.15) is 18.0 Å². The van der Waals surface area contributed by atoms with Crippen molar-refractivity contribution in [3.63, 3.8) is 0 Å². The van der Waals surface area contributed by atoms with E-state index in [2.05, 4.69) is 10.2 Å². The second-order valence-electron chi connectivity index (χ2n) is 6.05. The Morgan fingerprint density at radius 3 is 2.81 bits per heavy atom. The maximum Gasteiger partial charge on any atom is 0.145 e. The number of thiophene rings is 2. The highest BCUT2D eigenvalue weighted by atomic mass is 32.1. The molecule has 0 fully saturated rings. The molecule has 0 amide bonds. The van der Waals surface area contributed by atoms with Gasteiger partial charge in [0.2, 0.25) is 0 Å². The fraction of sp³-hybridized carbons (Fsp3) is 0.150. The van der Waals surface area contributed by atoms with Crippen LogP contribution in [-0.4, -0.2) is 11.2 Å². The fourth-order valence-corrected chi connectivity index (χ4v) is 5.11. The van der Waals surface area contributed by atoms with Crippen molar-refractivity contribution >= 4 is 28.2 Å². The van der Waals surface area contributed by atoms with Crippen molar-refractivity contribution in [3.8, 4) is 10.4 Å². The Morgan fingerprint density at radius 1 is 1.26 bits per heavy atom. The zero-order valence-corrected chi connectivity index (χ0v) is 15.6. The molecule has 0 bridgehead atoms. The van der Waals surface area contributed by atoms with Gasteiger partial charge in [-0.2, -0.15) is 0 Å². The third-order valence-electron chi connectivity index (χ3n) is 4.37. The Morgan fingerprint density at radius 2 is 2.15 bits per heavy atom. The summed E-state index contributed by atoms with van der Waals surface area (Å²) in [6, 6.07) is 6.55. The Bertz CT molecular complexity index is 1010. The van der Waals surface area contributed by atoms with Gasteiger partial charge in [0.15, 0.2) is 0 Å². The molecule has 0 spiro atoms. The first kappa shape index (κ1) is 17.9. The molecular weight excluding hydrogens is 386 g/mol. The van der Waals surface area contributed by atoms with Crippen molar-refractivity contribution in [2.75, 3.05) is 0 Å². The van der Waals surface area contributed by atoms with Gasteiger partial charge >= 0.3 is 0 Å². The number of hydrogen-bond acceptors (Lipinski definition) is 5. The highest BCUT2D eigenvalue weighted by molar-refractivity contribution is 7.15. The molecule has 0 radical (unpaired) electrons. The average molecular weight is 400 g/mol. The molecule has 0 saturated carbocycles. The molecule has 0 saturated heterocycles. The Labute approximate surface area is 162 Å². The smallest absolute Gasteiger partial charge is 0.145 e. The topological polar surface area (TPSA) is 42.3 Å². The molecule has 0 aliphatic heterocycles. The van der Waals surface area contributed by atoms with Crippen LogP contribution in [0, 0.1) is 4.91 Å². The minimum atomic E-state index is -1.33. The van der Waals surface area contributed by atoms with Gasteiger partial charge in [-0.25, -0.2) is 8.78 Å². The van der Waals surface area contributed by atoms with Crippen molar-refractivity contribution in [3.05, 3.63) is 86.3 Å². The first-order chi connectivity index (χ1) is 13.2. The lowest BCUT2D eigenvalue weighted by molar-refractivity contribution is 0.394. The number of rotatable bonds is 5. The Kier molecular flexibility index (Phi) is 5.05. The van der Waals surface area contributed by atoms with Crippen LogP contribution in [0.1, 0.15) is 28.5 Å². The highest BCUT2D eigenvalue weighted by Gasteiger charge is 2.29. The summed E-state index contributed by atoms with van der Waals surface area (Å²) < 4.78 is 28.0. The first-order valence-corrected chi connectivity index (χ1v) is 10.0. The third-order valence-corrected chi connectivity index (χ3v) is 6.30. The van der Waals surface area contributed by atoms with Crippen molar-refractivity contribution in [1.82, 2.24) is 4.98 Å². The summed E-state index contributed by atoms with van der Waals surface area (Å²) in [4.78, 5) is 17.5. The number of pyridine rings is 1. The van der Waals surface area contributed by atoms with E-state index >= 15 is 0 Å². The van der Waals surface area contributed by atoms with Crippen LogP contribution in [0.5, 0.6) is 0 Å². The van der Waals surface area contributed by atoms with E-state index in [0.29, 0.717) is 21.6 Å². The average Bonchev–Trinajstić information content (AvgIpc) is 3.33. The summed E-state index contributed by atoms with van der Waals surface area (Å²) in [5, 5.41) is 7.19. The number of allylic oxidation sites excluding steroid dienone is 4. The number of halogens is 2. The van der Waals surface area contributed by atoms with Gasteiger partial charge in [-0.15, -0.1) is 27.6 Å². The second-order valence-corrected chi connectivity index (χ2v) is 7.88. The van der Waals surface area contributed by atoms with E-state index in [0.717, 1.165) is 16.5 Å². The van der Waals surface area contributed by atoms with Crippen LogP contribution in [0.2, 0.25) is 0 Å². The second kappa shape index (κ2) is 7.62. The van der Waals surface area contributed by atoms with Crippen LogP contribution in [-0.2, 0) is 0 Å². The van der Waals surface area contributed by atoms with E-state index in [1.54, 1.807) is 30.6 Å². The zero-order valence-electron chi connectivity index (χ0n) is 14.0. The predicted octanol–water partition coefficient (Wildman–Crippen LogP) is 6.71. The van der Waals surface area contributed by atoms with Crippen molar-refractivity contribution < 1.29 is 8.78 Å². The molecule has 3 aromatic heterocycles. The van der Waals surface area contributed by atoms with E-state index in [4.69, 9.17) is 0 Å². The van der Waals surface area contributed by atoms with Crippen molar-refractivity contribution in [2.24, 2.45) is 5.18 Å². The monoisotopic (exact) mass is 400 g/mol. The van der Waals surface area contributed by atoms with Crippen LogP contribution < -0.4 is 0 Å². The number of nitrogens with zero attached hydrogens (tertiary/aromatic N) is 2. The third kappa shape index (κ3) is 3.40. The molecule has 2 atom stereocenters. The van der Waals surface area contributed by atoms with Crippen LogP contribution >= 0.6 is 22.7 Å². The van der Waals surface area contributed by atoms with Crippen LogP contribution in [0.15, 0.2) is 70.6 Å². The van der Waals surface area contributed by atoms with Gasteiger partial charge < -0.3 is 0 Å². The maximum absolute atomic E-state index is 14.5. The molecular formula is C20H14F2N2OS2. The van der Waals surface area contributed by atoms with E-state index < -0.39 is 18.0 Å². The minimum Gasteiger partial charge on any atom is -0.264 e. The molecule has 3 aromatic rings. The quantitative estimate of drug-likeness (QED) is 0.447.